The molecule has 0 saturated heterocycles. The Hall–Kier alpha value is -6.09. The van der Waals surface area contributed by atoms with Crippen LogP contribution in [0.3, 0.4) is 0 Å². The van der Waals surface area contributed by atoms with Crippen LogP contribution in [0.2, 0.25) is 0 Å². The Morgan fingerprint density at radius 2 is 0.667 bits per heavy atom. The van der Waals surface area contributed by atoms with Crippen molar-refractivity contribution in [2.75, 3.05) is 16.0 Å². The summed E-state index contributed by atoms with van der Waals surface area (Å²) in [5.74, 6) is 0.730. The summed E-state index contributed by atoms with van der Waals surface area (Å²) in [7, 11) is 0. The molecule has 3 N–H and O–H groups in total. The molecule has 3 saturated carbocycles. The number of carbonyl (C=O) groups excluding carboxylic acids is 3. The molecule has 0 spiro atoms. The molecule has 3 aliphatic rings. The molecule has 0 bridgehead atoms. The predicted molar refractivity (Wildman–Crippen MR) is 232 cm³/mol. The van der Waals surface area contributed by atoms with Gasteiger partial charge < -0.3 is 13.3 Å². The van der Waals surface area contributed by atoms with Gasteiger partial charge in [0.1, 0.15) is 0 Å². The number of halogens is 9. The van der Waals surface area contributed by atoms with E-state index in [9.17, 15) is 53.9 Å². The van der Waals surface area contributed by atoms with Gasteiger partial charge in [0.05, 0.1) is 0 Å². The maximum atomic E-state index is 12.3. The van der Waals surface area contributed by atoms with E-state index in [0.717, 1.165) is 57.8 Å². The van der Waals surface area contributed by atoms with Crippen LogP contribution >= 0.6 is 35.3 Å². The molecule has 69 heavy (non-hydrogen) atoms. The number of nitrogens with zero attached hydrogens (tertiary/aromatic N) is 6. The van der Waals surface area contributed by atoms with Gasteiger partial charge in [0.25, 0.3) is 17.7 Å². The van der Waals surface area contributed by atoms with Crippen molar-refractivity contribution in [3.63, 3.8) is 0 Å². The van der Waals surface area contributed by atoms with Crippen molar-refractivity contribution in [1.82, 2.24) is 30.6 Å². The van der Waals surface area contributed by atoms with Crippen LogP contribution in [0.4, 0.5) is 57.6 Å². The average Bonchev–Trinajstić information content (AvgIpc) is 3.68. The number of carbonyl (C=O) groups is 3. The second-order valence-electron chi connectivity index (χ2n) is 15.3. The minimum atomic E-state index is -4.36. The van der Waals surface area contributed by atoms with E-state index >= 15 is 0 Å². The Bertz CT molecular complexity index is 2670. The van der Waals surface area contributed by atoms with Crippen LogP contribution in [0.15, 0.2) is 101 Å². The topological polar surface area (TPSA) is 204 Å². The van der Waals surface area contributed by atoms with Crippen molar-refractivity contribution in [2.24, 2.45) is 0 Å². The standard InChI is InChI=1S/C15H14F3N3O2S.C14H12F3N3O2S.C13H10F3N3O2S/c16-15(17,18)24-11-7-5-9(6-8-11)12(22)19-14-21-20-13(23-14)10-3-1-2-4-10;15-14(16,17)23-10-6-4-8(5-7-10)11(21)18-13-20-19-12(22-13)9-2-1-3-9;14-13(15,16)22-9-5-3-7(4-6-9)10(20)17-12-19-18-11(21-12)8-1-2-8/h5-8,10H,1-4H2,(H,19,21,22);4-7,9H,1-3H2,(H,18,20,21);3-6,8H,1-2H2,(H,17,19,20). The van der Waals surface area contributed by atoms with Crippen molar-refractivity contribution in [1.29, 1.82) is 0 Å². The molecule has 15 nitrogen and oxygen atoms in total. The summed E-state index contributed by atoms with van der Waals surface area (Å²) >= 11 is -0.696. The maximum Gasteiger partial charge on any atom is 0.446 e. The van der Waals surface area contributed by atoms with Crippen LogP contribution in [-0.4, -0.2) is 64.8 Å². The second-order valence-corrected chi connectivity index (χ2v) is 18.7. The first-order chi connectivity index (χ1) is 32.7. The zero-order chi connectivity index (χ0) is 49.3. The first kappa shape index (κ1) is 50.8. The number of rotatable bonds is 12. The molecule has 9 rings (SSSR count). The summed E-state index contributed by atoms with van der Waals surface area (Å²) in [5, 5.41) is 30.2. The lowest BCUT2D eigenvalue weighted by Gasteiger charge is -2.20. The molecule has 3 fully saturated rings. The smallest absolute Gasteiger partial charge is 0.408 e. The fourth-order valence-corrected chi connectivity index (χ4v) is 8.06. The molecule has 3 amide bonds. The molecule has 3 aromatic carbocycles. The third-order valence-corrected chi connectivity index (χ3v) is 12.3. The molecule has 0 aliphatic heterocycles. The number of thioether (sulfide) groups is 3. The Balaban J connectivity index is 0.000000153. The summed E-state index contributed by atoms with van der Waals surface area (Å²) in [6.45, 7) is 0. The van der Waals surface area contributed by atoms with Gasteiger partial charge in [-0.15, -0.1) is 15.3 Å². The van der Waals surface area contributed by atoms with Gasteiger partial charge in [-0.2, -0.15) is 39.5 Å². The lowest BCUT2D eigenvalue weighted by Crippen LogP contribution is -2.12. The summed E-state index contributed by atoms with van der Waals surface area (Å²) < 4.78 is 126. The van der Waals surface area contributed by atoms with Crippen LogP contribution in [0, 0.1) is 0 Å². The Morgan fingerprint density at radius 3 is 0.899 bits per heavy atom. The highest BCUT2D eigenvalue weighted by atomic mass is 32.2. The molecular weight excluding hydrogens is 994 g/mol. The monoisotopic (exact) mass is 1030 g/mol. The number of anilines is 3. The number of hydrogen-bond acceptors (Lipinski definition) is 15. The van der Waals surface area contributed by atoms with Gasteiger partial charge in [0, 0.05) is 49.1 Å². The molecule has 6 aromatic rings. The largest absolute Gasteiger partial charge is 0.446 e. The Kier molecular flexibility index (Phi) is 16.3. The van der Waals surface area contributed by atoms with Crippen molar-refractivity contribution in [3.8, 4) is 0 Å². The van der Waals surface area contributed by atoms with Crippen LogP contribution < -0.4 is 16.0 Å². The normalized spacial score (nSPS) is 15.3. The lowest BCUT2D eigenvalue weighted by atomic mass is 9.85. The maximum absolute atomic E-state index is 12.3. The third-order valence-electron chi connectivity index (χ3n) is 10.1. The van der Waals surface area contributed by atoms with E-state index in [0.29, 0.717) is 17.7 Å². The van der Waals surface area contributed by atoms with Gasteiger partial charge >= 0.3 is 34.6 Å². The summed E-state index contributed by atoms with van der Waals surface area (Å²) in [6, 6.07) is 15.3. The van der Waals surface area contributed by atoms with E-state index < -0.39 is 34.2 Å². The molecule has 0 atom stereocenters. The van der Waals surface area contributed by atoms with E-state index in [2.05, 4.69) is 46.5 Å². The summed E-state index contributed by atoms with van der Waals surface area (Å²) in [6.07, 6.45) is 9.33. The van der Waals surface area contributed by atoms with Crippen LogP contribution in [0.1, 0.15) is 124 Å². The van der Waals surface area contributed by atoms with Gasteiger partial charge in [-0.1, -0.05) is 34.6 Å². The molecule has 3 aliphatic carbocycles. The molecule has 0 unspecified atom stereocenters. The number of aromatic nitrogens is 6. The molecule has 3 aromatic heterocycles. The molecule has 0 radical (unpaired) electrons. The Labute approximate surface area is 397 Å². The highest BCUT2D eigenvalue weighted by Gasteiger charge is 2.32. The Morgan fingerprint density at radius 1 is 0.406 bits per heavy atom. The summed E-state index contributed by atoms with van der Waals surface area (Å²) in [4.78, 5) is 36.1. The van der Waals surface area contributed by atoms with Gasteiger partial charge in [0.2, 0.25) is 17.7 Å². The van der Waals surface area contributed by atoms with Crippen molar-refractivity contribution in [3.05, 3.63) is 107 Å². The predicted octanol–water partition coefficient (Wildman–Crippen LogP) is 12.6. The van der Waals surface area contributed by atoms with Gasteiger partial charge in [-0.25, -0.2) is 0 Å². The number of nitrogens with one attached hydrogen (secondary N) is 3. The van der Waals surface area contributed by atoms with Gasteiger partial charge in [-0.3, -0.25) is 30.3 Å². The van der Waals surface area contributed by atoms with Gasteiger partial charge in [0.15, 0.2) is 0 Å². The number of amides is 3. The van der Waals surface area contributed by atoms with Crippen molar-refractivity contribution < 1.29 is 67.1 Å². The van der Waals surface area contributed by atoms with Crippen LogP contribution in [0.5, 0.6) is 0 Å². The second kappa shape index (κ2) is 22.1. The van der Waals surface area contributed by atoms with Gasteiger partial charge in [-0.05, 0) is 147 Å². The third kappa shape index (κ3) is 16.0. The first-order valence-electron chi connectivity index (χ1n) is 20.7. The van der Waals surface area contributed by atoms with Crippen molar-refractivity contribution >= 4 is 71.1 Å². The number of benzene rings is 3. The lowest BCUT2D eigenvalue weighted by molar-refractivity contribution is -0.0337. The van der Waals surface area contributed by atoms with Crippen LogP contribution in [-0.2, 0) is 0 Å². The van der Waals surface area contributed by atoms with Crippen molar-refractivity contribution in [2.45, 2.75) is 107 Å². The quantitative estimate of drug-likeness (QED) is 0.0770. The van der Waals surface area contributed by atoms with E-state index in [1.54, 1.807) is 0 Å². The van der Waals surface area contributed by atoms with Crippen LogP contribution in [0.25, 0.3) is 0 Å². The highest BCUT2D eigenvalue weighted by Crippen LogP contribution is 2.41. The minimum Gasteiger partial charge on any atom is -0.408 e. The highest BCUT2D eigenvalue weighted by molar-refractivity contribution is 8.00. The van der Waals surface area contributed by atoms with E-state index in [4.69, 9.17) is 13.3 Å². The average molecular weight is 1030 g/mol. The van der Waals surface area contributed by atoms with E-state index in [1.807, 2.05) is 0 Å². The fraction of sp³-hybridized carbons (Fsp3) is 0.357. The zero-order valence-corrected chi connectivity index (χ0v) is 37.7. The molecule has 366 valence electrons. The molecule has 3 heterocycles. The molecular formula is C42H36F9N9O6S3. The number of alkyl halides is 9. The SMILES string of the molecule is O=C(Nc1nnc(C2CC2)o1)c1ccc(SC(F)(F)F)cc1.O=C(Nc1nnc(C2CCC2)o1)c1ccc(SC(F)(F)F)cc1.O=C(Nc1nnc(C2CCCC2)o1)c1ccc(SC(F)(F)F)cc1. The molecule has 27 heteroatoms. The zero-order valence-electron chi connectivity index (χ0n) is 35.3. The first-order valence-corrected chi connectivity index (χ1v) is 23.2. The number of hydrogen-bond donors (Lipinski definition) is 3. The van der Waals surface area contributed by atoms with E-state index in [1.165, 1.54) is 72.8 Å². The minimum absolute atomic E-state index is 0.00403. The fourth-order valence-electron chi connectivity index (χ4n) is 6.44. The van der Waals surface area contributed by atoms with E-state index in [-0.39, 0.29) is 102 Å². The summed E-state index contributed by atoms with van der Waals surface area (Å²) in [5.41, 5.74) is -12.4.